The summed E-state index contributed by atoms with van der Waals surface area (Å²) in [6, 6.07) is 3.86. The first-order chi connectivity index (χ1) is 8.02. The summed E-state index contributed by atoms with van der Waals surface area (Å²) in [6.45, 7) is 0. The lowest BCUT2D eigenvalue weighted by Crippen LogP contribution is -1.95. The largest absolute Gasteiger partial charge is 0.494 e. The van der Waals surface area contributed by atoms with E-state index in [0.29, 0.717) is 10.9 Å². The Morgan fingerprint density at radius 3 is 2.71 bits per heavy atom. The first-order valence-electron chi connectivity index (χ1n) is 4.61. The molecule has 0 aliphatic carbocycles. The third-order valence-corrected chi connectivity index (χ3v) is 2.34. The SMILES string of the molecule is COc1cc([N+](=O)[O-])cc2cc(C(=O)O)[nH]c12. The maximum Gasteiger partial charge on any atom is 0.352 e. The van der Waals surface area contributed by atoms with Crippen molar-refractivity contribution < 1.29 is 19.6 Å². The number of rotatable bonds is 3. The molecule has 0 atom stereocenters. The van der Waals surface area contributed by atoms with E-state index in [9.17, 15) is 14.9 Å². The molecule has 88 valence electrons. The molecule has 0 aliphatic heterocycles. The van der Waals surface area contributed by atoms with Gasteiger partial charge in [-0.3, -0.25) is 10.1 Å². The molecule has 0 fully saturated rings. The van der Waals surface area contributed by atoms with Gasteiger partial charge in [-0.2, -0.15) is 0 Å². The van der Waals surface area contributed by atoms with Crippen LogP contribution in [0.1, 0.15) is 10.5 Å². The van der Waals surface area contributed by atoms with Gasteiger partial charge in [0.2, 0.25) is 0 Å². The number of aromatic amines is 1. The van der Waals surface area contributed by atoms with Crippen LogP contribution in [0.4, 0.5) is 5.69 Å². The fourth-order valence-corrected chi connectivity index (χ4v) is 1.58. The number of aromatic carboxylic acids is 1. The zero-order valence-corrected chi connectivity index (χ0v) is 8.76. The zero-order chi connectivity index (χ0) is 12.6. The number of nitrogens with one attached hydrogen (secondary N) is 1. The highest BCUT2D eigenvalue weighted by Gasteiger charge is 2.16. The Kier molecular flexibility index (Phi) is 2.43. The molecule has 0 bridgehead atoms. The highest BCUT2D eigenvalue weighted by Crippen LogP contribution is 2.31. The van der Waals surface area contributed by atoms with Crippen LogP contribution < -0.4 is 4.74 Å². The van der Waals surface area contributed by atoms with Crippen LogP contribution in [0.2, 0.25) is 0 Å². The van der Waals surface area contributed by atoms with Crippen LogP contribution in [0, 0.1) is 10.1 Å². The highest BCUT2D eigenvalue weighted by atomic mass is 16.6. The second-order valence-electron chi connectivity index (χ2n) is 3.36. The number of aromatic nitrogens is 1. The third kappa shape index (κ3) is 1.78. The molecule has 2 aromatic rings. The van der Waals surface area contributed by atoms with Crippen LogP contribution in [-0.2, 0) is 0 Å². The minimum atomic E-state index is -1.13. The van der Waals surface area contributed by atoms with Gasteiger partial charge in [0.15, 0.2) is 0 Å². The molecule has 1 heterocycles. The van der Waals surface area contributed by atoms with Gasteiger partial charge in [0.1, 0.15) is 11.4 Å². The van der Waals surface area contributed by atoms with E-state index in [-0.39, 0.29) is 17.1 Å². The Morgan fingerprint density at radius 1 is 1.47 bits per heavy atom. The summed E-state index contributed by atoms with van der Waals surface area (Å²) in [4.78, 5) is 23.5. The number of hydrogen-bond donors (Lipinski definition) is 2. The molecular weight excluding hydrogens is 228 g/mol. The van der Waals surface area contributed by atoms with Crippen molar-refractivity contribution in [2.75, 3.05) is 7.11 Å². The predicted octanol–water partition coefficient (Wildman–Crippen LogP) is 1.78. The van der Waals surface area contributed by atoms with E-state index in [1.54, 1.807) is 0 Å². The van der Waals surface area contributed by atoms with E-state index in [4.69, 9.17) is 9.84 Å². The van der Waals surface area contributed by atoms with Crippen molar-refractivity contribution in [3.8, 4) is 5.75 Å². The lowest BCUT2D eigenvalue weighted by molar-refractivity contribution is -0.384. The van der Waals surface area contributed by atoms with Gasteiger partial charge in [0.05, 0.1) is 23.6 Å². The second-order valence-corrected chi connectivity index (χ2v) is 3.36. The van der Waals surface area contributed by atoms with Gasteiger partial charge in [-0.05, 0) is 6.07 Å². The molecule has 0 spiro atoms. The Balaban J connectivity index is 2.73. The molecule has 0 aliphatic rings. The molecule has 1 aromatic carbocycles. The molecule has 0 saturated heterocycles. The van der Waals surface area contributed by atoms with Crippen LogP contribution in [0.15, 0.2) is 18.2 Å². The molecule has 0 amide bonds. The molecule has 17 heavy (non-hydrogen) atoms. The fourth-order valence-electron chi connectivity index (χ4n) is 1.58. The normalized spacial score (nSPS) is 10.4. The van der Waals surface area contributed by atoms with Crippen molar-refractivity contribution in [3.05, 3.63) is 34.0 Å². The van der Waals surface area contributed by atoms with Crippen molar-refractivity contribution in [2.45, 2.75) is 0 Å². The quantitative estimate of drug-likeness (QED) is 0.624. The molecule has 0 saturated carbocycles. The number of non-ortho nitro benzene ring substituents is 1. The van der Waals surface area contributed by atoms with Crippen molar-refractivity contribution in [1.29, 1.82) is 0 Å². The number of nitro groups is 1. The van der Waals surface area contributed by atoms with Gasteiger partial charge >= 0.3 is 5.97 Å². The van der Waals surface area contributed by atoms with Crippen molar-refractivity contribution in [1.82, 2.24) is 4.98 Å². The number of fused-ring (bicyclic) bond motifs is 1. The second kappa shape index (κ2) is 3.78. The molecule has 2 N–H and O–H groups in total. The van der Waals surface area contributed by atoms with E-state index < -0.39 is 10.9 Å². The Bertz CT molecular complexity index is 616. The molecule has 1 aromatic heterocycles. The number of H-pyrrole nitrogens is 1. The van der Waals surface area contributed by atoms with Crippen LogP contribution in [0.25, 0.3) is 10.9 Å². The van der Waals surface area contributed by atoms with Crippen molar-refractivity contribution in [2.24, 2.45) is 0 Å². The van der Waals surface area contributed by atoms with Crippen LogP contribution in [0.3, 0.4) is 0 Å². The number of carbonyl (C=O) groups is 1. The summed E-state index contributed by atoms with van der Waals surface area (Å²) < 4.78 is 4.98. The Labute approximate surface area is 94.8 Å². The first-order valence-corrected chi connectivity index (χ1v) is 4.61. The number of ether oxygens (including phenoxy) is 1. The van der Waals surface area contributed by atoms with Gasteiger partial charge in [0, 0.05) is 11.5 Å². The van der Waals surface area contributed by atoms with Crippen LogP contribution in [0.5, 0.6) is 5.75 Å². The minimum absolute atomic E-state index is 0.0428. The molecule has 2 rings (SSSR count). The van der Waals surface area contributed by atoms with Crippen LogP contribution >= 0.6 is 0 Å². The number of nitrogens with zero attached hydrogens (tertiary/aromatic N) is 1. The maximum absolute atomic E-state index is 10.8. The van der Waals surface area contributed by atoms with Crippen molar-refractivity contribution in [3.63, 3.8) is 0 Å². The van der Waals surface area contributed by atoms with Gasteiger partial charge in [-0.25, -0.2) is 4.79 Å². The molecule has 7 nitrogen and oxygen atoms in total. The average Bonchev–Trinajstić information content (AvgIpc) is 2.71. The number of benzene rings is 1. The van der Waals surface area contributed by atoms with Crippen LogP contribution in [-0.4, -0.2) is 28.1 Å². The van der Waals surface area contributed by atoms with Gasteiger partial charge in [-0.15, -0.1) is 0 Å². The van der Waals surface area contributed by atoms with E-state index in [2.05, 4.69) is 4.98 Å². The Hall–Kier alpha value is -2.57. The van der Waals surface area contributed by atoms with Gasteiger partial charge in [0.25, 0.3) is 5.69 Å². The third-order valence-electron chi connectivity index (χ3n) is 2.34. The summed E-state index contributed by atoms with van der Waals surface area (Å²) in [5, 5.41) is 19.9. The molecule has 7 heteroatoms. The van der Waals surface area contributed by atoms with Gasteiger partial charge < -0.3 is 14.8 Å². The van der Waals surface area contributed by atoms with Crippen molar-refractivity contribution >= 4 is 22.6 Å². The van der Waals surface area contributed by atoms with E-state index in [0.717, 1.165) is 0 Å². The lowest BCUT2D eigenvalue weighted by Gasteiger charge is -2.01. The first kappa shape index (κ1) is 10.9. The maximum atomic E-state index is 10.8. The summed E-state index contributed by atoms with van der Waals surface area (Å²) >= 11 is 0. The smallest absolute Gasteiger partial charge is 0.352 e. The van der Waals surface area contributed by atoms with E-state index in [1.165, 1.54) is 25.3 Å². The Morgan fingerprint density at radius 2 is 2.18 bits per heavy atom. The standard InChI is InChI=1S/C10H8N2O5/c1-17-8-4-6(12(15)16)2-5-3-7(10(13)14)11-9(5)8/h2-4,11H,1H3,(H,13,14). The number of hydrogen-bond acceptors (Lipinski definition) is 4. The average molecular weight is 236 g/mol. The van der Waals surface area contributed by atoms with E-state index >= 15 is 0 Å². The fraction of sp³-hybridized carbons (Fsp3) is 0.100. The number of methoxy groups -OCH3 is 1. The summed E-state index contributed by atoms with van der Waals surface area (Å²) in [6.07, 6.45) is 0. The zero-order valence-electron chi connectivity index (χ0n) is 8.76. The lowest BCUT2D eigenvalue weighted by atomic mass is 10.2. The monoisotopic (exact) mass is 236 g/mol. The van der Waals surface area contributed by atoms with E-state index in [1.807, 2.05) is 0 Å². The number of carboxylic acid groups (broad SMARTS) is 1. The van der Waals surface area contributed by atoms with Gasteiger partial charge in [-0.1, -0.05) is 0 Å². The minimum Gasteiger partial charge on any atom is -0.494 e. The summed E-state index contributed by atoms with van der Waals surface area (Å²) in [5.74, 6) is -0.896. The summed E-state index contributed by atoms with van der Waals surface area (Å²) in [5.41, 5.74) is 0.236. The number of nitro benzene ring substituents is 1. The topological polar surface area (TPSA) is 105 Å². The molecular formula is C10H8N2O5. The highest BCUT2D eigenvalue weighted by molar-refractivity contribution is 5.96. The predicted molar refractivity (Wildman–Crippen MR) is 58.5 cm³/mol. The summed E-state index contributed by atoms with van der Waals surface area (Å²) in [7, 11) is 1.36. The molecule has 0 unspecified atom stereocenters. The number of carboxylic acids is 1. The molecule has 0 radical (unpaired) electrons.